The fourth-order valence-electron chi connectivity index (χ4n) is 20.5. The van der Waals surface area contributed by atoms with Crippen molar-refractivity contribution in [3.8, 4) is 66.8 Å². The summed E-state index contributed by atoms with van der Waals surface area (Å²) in [6.07, 6.45) is 0. The molecule has 27 rings (SSSR count). The second-order valence-electron chi connectivity index (χ2n) is 33.9. The summed E-state index contributed by atoms with van der Waals surface area (Å²) in [5.41, 5.74) is 15.2. The molecule has 0 aliphatic carbocycles. The Kier molecular flexibility index (Phi) is 18.7. The lowest BCUT2D eigenvalue weighted by Crippen LogP contribution is -1.91. The molecule has 0 saturated heterocycles. The average molecular weight is 1620 g/mol. The Labute approximate surface area is 742 Å². The van der Waals surface area contributed by atoms with Gasteiger partial charge in [-0.05, 0) is 280 Å². The van der Waals surface area contributed by atoms with Gasteiger partial charge in [-0.2, -0.15) is 0 Å². The monoisotopic (exact) mass is 1620 g/mol. The Morgan fingerprint density at radius 3 is 0.695 bits per heavy atom. The Bertz CT molecular complexity index is 9040. The number of fused-ring (bicyclic) bond motifs is 25. The maximum Gasteiger partial charge on any atom is -0.00261 e. The molecule has 27 aromatic carbocycles. The molecule has 0 radical (unpaired) electrons. The molecule has 0 aliphatic heterocycles. The van der Waals surface area contributed by atoms with E-state index < -0.39 is 0 Å². The zero-order chi connectivity index (χ0) is 84.5. The summed E-state index contributed by atoms with van der Waals surface area (Å²) in [6, 6.07) is 181. The summed E-state index contributed by atoms with van der Waals surface area (Å²) < 4.78 is 0. The minimum atomic E-state index is 1.23. The van der Waals surface area contributed by atoms with Gasteiger partial charge in [0.05, 0.1) is 0 Å². The summed E-state index contributed by atoms with van der Waals surface area (Å²) in [5, 5.41) is 44.1. The quantitative estimate of drug-likeness (QED) is 0.115. The van der Waals surface area contributed by atoms with E-state index in [0.717, 1.165) is 0 Å². The molecule has 0 aromatic heterocycles. The number of hydrogen-bond acceptors (Lipinski definition) is 0. The zero-order valence-electron chi connectivity index (χ0n) is 70.3. The summed E-state index contributed by atoms with van der Waals surface area (Å²) in [6.45, 7) is 0. The molecule has 0 aliphatic rings. The van der Waals surface area contributed by atoms with E-state index in [1.165, 1.54) is 250 Å². The molecule has 0 bridgehead atoms. The van der Waals surface area contributed by atoms with Crippen LogP contribution in [-0.2, 0) is 0 Å². The predicted octanol–water partition coefficient (Wildman–Crippen LogP) is 36.4. The van der Waals surface area contributed by atoms with Crippen LogP contribution < -0.4 is 0 Å². The van der Waals surface area contributed by atoms with Crippen LogP contribution in [-0.4, -0.2) is 0 Å². The van der Waals surface area contributed by atoms with Crippen molar-refractivity contribution in [1.82, 2.24) is 0 Å². The molecule has 0 fully saturated rings. The van der Waals surface area contributed by atoms with Crippen molar-refractivity contribution in [3.05, 3.63) is 497 Å². The molecule has 0 unspecified atom stereocenters. The smallest absolute Gasteiger partial charge is 0.00261 e. The predicted molar refractivity (Wildman–Crippen MR) is 556 cm³/mol. The third-order valence-electron chi connectivity index (χ3n) is 26.7. The molecule has 0 N–H and O–H groups in total. The number of rotatable bonds is 6. The Hall–Kier alpha value is -16.6. The van der Waals surface area contributed by atoms with Crippen LogP contribution in [0.25, 0.3) is 250 Å². The van der Waals surface area contributed by atoms with Crippen LogP contribution in [0.2, 0.25) is 0 Å². The first-order valence-electron chi connectivity index (χ1n) is 44.4. The van der Waals surface area contributed by atoms with Gasteiger partial charge in [-0.15, -0.1) is 0 Å². The highest BCUT2D eigenvalue weighted by Crippen LogP contribution is 2.48. The van der Waals surface area contributed by atoms with Gasteiger partial charge in [0.15, 0.2) is 0 Å². The first-order valence-corrected chi connectivity index (χ1v) is 44.4. The lowest BCUT2D eigenvalue weighted by Gasteiger charge is -2.18. The molecule has 128 heavy (non-hydrogen) atoms. The molecule has 0 heterocycles. The van der Waals surface area contributed by atoms with E-state index in [9.17, 15) is 0 Å². The highest BCUT2D eigenvalue weighted by Gasteiger charge is 2.20. The van der Waals surface area contributed by atoms with Crippen molar-refractivity contribution < 1.29 is 0 Å². The van der Waals surface area contributed by atoms with E-state index in [-0.39, 0.29) is 0 Å². The highest BCUT2D eigenvalue weighted by atomic mass is 14.2. The van der Waals surface area contributed by atoms with Crippen molar-refractivity contribution in [3.63, 3.8) is 0 Å². The summed E-state index contributed by atoms with van der Waals surface area (Å²) in [5.74, 6) is 0. The van der Waals surface area contributed by atoms with Gasteiger partial charge in [-0.25, -0.2) is 0 Å². The second kappa shape index (κ2) is 31.9. The van der Waals surface area contributed by atoms with Gasteiger partial charge in [0.25, 0.3) is 0 Å². The van der Waals surface area contributed by atoms with Gasteiger partial charge >= 0.3 is 0 Å². The largest absolute Gasteiger partial charge is 0.0622 e. The van der Waals surface area contributed by atoms with Crippen LogP contribution in [0.1, 0.15) is 0 Å². The summed E-state index contributed by atoms with van der Waals surface area (Å²) in [4.78, 5) is 0. The van der Waals surface area contributed by atoms with Crippen LogP contribution in [0.15, 0.2) is 497 Å². The fourth-order valence-corrected chi connectivity index (χ4v) is 20.5. The Morgan fingerprint density at radius 1 is 0.0859 bits per heavy atom. The lowest BCUT2D eigenvalue weighted by atomic mass is 9.85. The van der Waals surface area contributed by atoms with Gasteiger partial charge < -0.3 is 0 Å². The van der Waals surface area contributed by atoms with Crippen molar-refractivity contribution in [1.29, 1.82) is 0 Å². The average Bonchev–Trinajstić information content (AvgIpc) is 0.720. The normalized spacial score (nSPS) is 11.6. The van der Waals surface area contributed by atoms with Gasteiger partial charge in [-0.1, -0.05) is 467 Å². The molecular weight excluding hydrogens is 1540 g/mol. The van der Waals surface area contributed by atoms with Crippen molar-refractivity contribution >= 4 is 183 Å². The van der Waals surface area contributed by atoms with E-state index in [1.807, 2.05) is 0 Å². The van der Waals surface area contributed by atoms with E-state index in [1.54, 1.807) is 0 Å². The van der Waals surface area contributed by atoms with Crippen molar-refractivity contribution in [2.45, 2.75) is 0 Å². The zero-order valence-corrected chi connectivity index (χ0v) is 70.3. The topological polar surface area (TPSA) is 0 Å². The molecule has 0 saturated carbocycles. The van der Waals surface area contributed by atoms with Crippen LogP contribution in [0.4, 0.5) is 0 Å². The van der Waals surface area contributed by atoms with Gasteiger partial charge in [0, 0.05) is 0 Å². The van der Waals surface area contributed by atoms with E-state index in [0.29, 0.717) is 0 Å². The molecule has 0 amide bonds. The minimum absolute atomic E-state index is 1.23. The van der Waals surface area contributed by atoms with Crippen LogP contribution >= 0.6 is 0 Å². The van der Waals surface area contributed by atoms with E-state index in [2.05, 4.69) is 497 Å². The summed E-state index contributed by atoms with van der Waals surface area (Å²) >= 11 is 0. The molecule has 0 spiro atoms. The van der Waals surface area contributed by atoms with Gasteiger partial charge in [0.2, 0.25) is 0 Å². The fraction of sp³-hybridized carbons (Fsp3) is 0. The third kappa shape index (κ3) is 13.4. The lowest BCUT2D eigenvalue weighted by molar-refractivity contribution is 1.63. The minimum Gasteiger partial charge on any atom is -0.0622 e. The molecule has 0 atom stereocenters. The standard InChI is InChI=1S/C48H30.2C28H18.C24H16/c1-3-13-38-31(10-1)12-9-19-39(38)33-21-26-36(27-22-33)47-41-15-5-7-17-43(41)48(44-18-8-6-16-42(44)47)37-29-24-34-23-28-35-25-20-32-11-2-4-14-40(32)46(35)45(34)30-37;1-3-9-24-19(6-1)8-5-11-25(24)23-17-14-21-13-16-22-15-12-20-7-2-4-10-26(20)28(22)27(21)18-23;1-2-7-23-17-24(15-9-19(23)5-1)25-16-12-21-11-14-22-13-10-20-6-3-4-8-26(20)28(22)27(21)18-25;1-2-6-17(7-3-1)21-15-12-19-11-14-20-13-10-18-8-4-5-9-22(18)24(20)23(19)16-21/h1-30H;2*1-18H;1-16H. The number of benzene rings is 27. The van der Waals surface area contributed by atoms with Crippen LogP contribution in [0.3, 0.4) is 0 Å². The molecule has 0 heteroatoms. The molecule has 594 valence electrons. The third-order valence-corrected chi connectivity index (χ3v) is 26.7. The van der Waals surface area contributed by atoms with E-state index >= 15 is 0 Å². The molecular formula is C128H82. The van der Waals surface area contributed by atoms with Crippen molar-refractivity contribution in [2.24, 2.45) is 0 Å². The first-order chi connectivity index (χ1) is 63.5. The molecule has 0 nitrogen and oxygen atoms in total. The maximum absolute atomic E-state index is 2.43. The molecule has 27 aromatic rings. The van der Waals surface area contributed by atoms with Crippen LogP contribution in [0, 0.1) is 0 Å². The van der Waals surface area contributed by atoms with Gasteiger partial charge in [-0.3, -0.25) is 0 Å². The van der Waals surface area contributed by atoms with Gasteiger partial charge in [0.1, 0.15) is 0 Å². The Balaban J connectivity index is 0.0000000992. The van der Waals surface area contributed by atoms with Crippen LogP contribution in [0.5, 0.6) is 0 Å². The highest BCUT2D eigenvalue weighted by molar-refractivity contribution is 6.27. The van der Waals surface area contributed by atoms with E-state index in [4.69, 9.17) is 0 Å². The maximum atomic E-state index is 2.43. The van der Waals surface area contributed by atoms with Crippen molar-refractivity contribution in [2.75, 3.05) is 0 Å². The second-order valence-corrected chi connectivity index (χ2v) is 33.9. The first kappa shape index (κ1) is 75.1. The Morgan fingerprint density at radius 2 is 0.305 bits per heavy atom. The number of hydrogen-bond donors (Lipinski definition) is 0. The summed E-state index contributed by atoms with van der Waals surface area (Å²) in [7, 11) is 0. The SMILES string of the molecule is c1ccc(-c2ccc3ccc4ccc5ccccc5c4c3c2)cc1.c1ccc2c(-c3ccc(-c4c5ccccc5c(-c5ccc6ccc7ccc8ccccc8c7c6c5)c5ccccc45)cc3)cccc2c1.c1ccc2c(-c3ccc4ccc5ccc6ccccc6c5c4c3)cccc2c1.c1ccc2cc(-c3ccc4ccc5ccc6ccccc6c5c4c3)ccc2c1.